The van der Waals surface area contributed by atoms with Crippen LogP contribution in [0.2, 0.25) is 0 Å². The summed E-state index contributed by atoms with van der Waals surface area (Å²) in [5.74, 6) is 3.19. The molecule has 2 aliphatic rings. The maximum absolute atomic E-state index is 13.1. The molecule has 34 heavy (non-hydrogen) atoms. The van der Waals surface area contributed by atoms with Crippen molar-refractivity contribution >= 4 is 23.2 Å². The molecule has 0 saturated heterocycles. The summed E-state index contributed by atoms with van der Waals surface area (Å²) in [6, 6.07) is 9.96. The molecule has 0 fully saturated rings. The van der Waals surface area contributed by atoms with Crippen LogP contribution in [0.1, 0.15) is 37.5 Å². The molecular weight excluding hydrogens is 450 g/mol. The number of aryl methyl sites for hydroxylation is 1. The molecule has 0 saturated carbocycles. The summed E-state index contributed by atoms with van der Waals surface area (Å²) < 4.78 is 22.9. The fourth-order valence-electron chi connectivity index (χ4n) is 4.41. The second kappa shape index (κ2) is 9.16. The third-order valence-corrected chi connectivity index (χ3v) is 7.30. The number of allylic oxidation sites excluding steroid dienone is 1. The van der Waals surface area contributed by atoms with Crippen LogP contribution in [0.25, 0.3) is 6.08 Å². The number of benzene rings is 2. The molecule has 0 N–H and O–H groups in total. The summed E-state index contributed by atoms with van der Waals surface area (Å²) in [6.07, 6.45) is 2.69. The van der Waals surface area contributed by atoms with Gasteiger partial charge < -0.3 is 18.9 Å². The smallest absolute Gasteiger partial charge is 0.232 e. The molecule has 176 valence electrons. The molecule has 0 unspecified atom stereocenters. The lowest BCUT2D eigenvalue weighted by Crippen LogP contribution is -2.34. The highest BCUT2D eigenvalue weighted by molar-refractivity contribution is 7.11. The topological polar surface area (TPSA) is 57.2 Å². The molecule has 0 spiro atoms. The van der Waals surface area contributed by atoms with Gasteiger partial charge in [0, 0.05) is 35.2 Å². The lowest BCUT2D eigenvalue weighted by Gasteiger charge is -2.30. The van der Waals surface area contributed by atoms with Gasteiger partial charge in [-0.2, -0.15) is 0 Å². The van der Waals surface area contributed by atoms with Gasteiger partial charge in [0.1, 0.15) is 18.2 Å². The van der Waals surface area contributed by atoms with E-state index in [2.05, 4.69) is 11.0 Å². The van der Waals surface area contributed by atoms with E-state index in [9.17, 15) is 4.79 Å². The van der Waals surface area contributed by atoms with E-state index < -0.39 is 0 Å². The van der Waals surface area contributed by atoms with Crippen molar-refractivity contribution in [1.29, 1.82) is 0 Å². The normalized spacial score (nSPS) is 16.1. The highest BCUT2D eigenvalue weighted by Gasteiger charge is 2.33. The summed E-state index contributed by atoms with van der Waals surface area (Å²) in [4.78, 5) is 16.4. The molecule has 0 aliphatic carbocycles. The van der Waals surface area contributed by atoms with Crippen LogP contribution in [-0.2, 0) is 13.0 Å². The van der Waals surface area contributed by atoms with Gasteiger partial charge >= 0.3 is 0 Å². The number of Topliss-reactive ketones (excluding diaryl/α,β-unsaturated/α-hetero) is 1. The number of fused-ring (bicyclic) bond motifs is 2. The molecule has 7 heteroatoms. The Kier molecular flexibility index (Phi) is 6.06. The third kappa shape index (κ3) is 4.06. The van der Waals surface area contributed by atoms with Gasteiger partial charge in [0.2, 0.25) is 5.78 Å². The first-order valence-corrected chi connectivity index (χ1v) is 12.1. The van der Waals surface area contributed by atoms with E-state index in [-0.39, 0.29) is 5.78 Å². The Hall–Kier alpha value is -3.29. The van der Waals surface area contributed by atoms with E-state index >= 15 is 0 Å². The van der Waals surface area contributed by atoms with Gasteiger partial charge in [-0.25, -0.2) is 0 Å². The molecule has 5 rings (SSSR count). The average molecular weight is 478 g/mol. The predicted molar refractivity (Wildman–Crippen MR) is 132 cm³/mol. The zero-order chi connectivity index (χ0) is 23.8. The molecule has 0 bridgehead atoms. The lowest BCUT2D eigenvalue weighted by atomic mass is 10.00. The van der Waals surface area contributed by atoms with Crippen LogP contribution in [-0.4, -0.2) is 38.2 Å². The van der Waals surface area contributed by atoms with Gasteiger partial charge in [0.15, 0.2) is 17.3 Å². The molecule has 0 atom stereocenters. The number of hydrogen-bond acceptors (Lipinski definition) is 7. The highest BCUT2D eigenvalue weighted by Crippen LogP contribution is 2.43. The van der Waals surface area contributed by atoms with E-state index in [1.54, 1.807) is 25.6 Å². The molecular formula is C27H27NO5S. The van der Waals surface area contributed by atoms with Crippen molar-refractivity contribution < 1.29 is 23.7 Å². The first-order chi connectivity index (χ1) is 16.5. The second-order valence-corrected chi connectivity index (χ2v) is 9.49. The van der Waals surface area contributed by atoms with Crippen LogP contribution in [0.5, 0.6) is 23.0 Å². The minimum absolute atomic E-state index is 0.0730. The third-order valence-electron chi connectivity index (χ3n) is 6.33. The predicted octanol–water partition coefficient (Wildman–Crippen LogP) is 5.39. The summed E-state index contributed by atoms with van der Waals surface area (Å²) in [6.45, 7) is 6.02. The fraction of sp³-hybridized carbons (Fsp3) is 0.296. The monoisotopic (exact) mass is 477 g/mol. The Bertz CT molecular complexity index is 1290. The second-order valence-electron chi connectivity index (χ2n) is 8.54. The minimum Gasteiger partial charge on any atom is -0.493 e. The number of carbonyl (C=O) groups excluding carboxylic acids is 1. The Morgan fingerprint density at radius 3 is 2.65 bits per heavy atom. The zero-order valence-electron chi connectivity index (χ0n) is 19.8. The van der Waals surface area contributed by atoms with Crippen molar-refractivity contribution in [2.45, 2.75) is 26.8 Å². The minimum atomic E-state index is -0.0730. The molecule has 0 amide bonds. The van der Waals surface area contributed by atoms with Crippen molar-refractivity contribution in [1.82, 2.24) is 4.90 Å². The average Bonchev–Trinajstić information content (AvgIpc) is 3.40. The molecule has 1 aromatic heterocycles. The van der Waals surface area contributed by atoms with E-state index in [0.29, 0.717) is 30.3 Å². The Morgan fingerprint density at radius 1 is 1.09 bits per heavy atom. The first-order valence-electron chi connectivity index (χ1n) is 11.2. The Morgan fingerprint density at radius 2 is 1.91 bits per heavy atom. The van der Waals surface area contributed by atoms with Crippen molar-refractivity contribution in [2.75, 3.05) is 27.5 Å². The first kappa shape index (κ1) is 22.5. The standard InChI is InChI=1S/C27H27NO5S/c1-16-8-10-34-24(16)13-23-25(29)20-12-19-14-28(15-32-26(19)17(2)27(20)33-23)9-7-18-5-6-21(30-3)22(11-18)31-4/h5-6,8,10-13H,7,9,14-15H2,1-4H3/b23-13-. The van der Waals surface area contributed by atoms with Crippen LogP contribution < -0.4 is 18.9 Å². The molecule has 2 aliphatic heterocycles. The van der Waals surface area contributed by atoms with Gasteiger partial charge in [0.05, 0.1) is 19.8 Å². The van der Waals surface area contributed by atoms with E-state index in [1.165, 1.54) is 0 Å². The van der Waals surface area contributed by atoms with Crippen LogP contribution in [0.3, 0.4) is 0 Å². The van der Waals surface area contributed by atoms with Crippen LogP contribution in [0, 0.1) is 13.8 Å². The van der Waals surface area contributed by atoms with Gasteiger partial charge in [-0.15, -0.1) is 11.3 Å². The van der Waals surface area contributed by atoms with Crippen LogP contribution >= 0.6 is 11.3 Å². The number of hydrogen-bond donors (Lipinski definition) is 0. The van der Waals surface area contributed by atoms with Crippen LogP contribution in [0.4, 0.5) is 0 Å². The maximum Gasteiger partial charge on any atom is 0.232 e. The molecule has 6 nitrogen and oxygen atoms in total. The largest absolute Gasteiger partial charge is 0.493 e. The number of ether oxygens (including phenoxy) is 4. The van der Waals surface area contributed by atoms with Gasteiger partial charge in [0.25, 0.3) is 0 Å². The van der Waals surface area contributed by atoms with Crippen molar-refractivity contribution in [3.8, 4) is 23.0 Å². The van der Waals surface area contributed by atoms with Crippen molar-refractivity contribution in [2.24, 2.45) is 0 Å². The Labute approximate surface area is 203 Å². The number of carbonyl (C=O) groups is 1. The summed E-state index contributed by atoms with van der Waals surface area (Å²) in [7, 11) is 3.28. The number of nitrogens with zero attached hydrogens (tertiary/aromatic N) is 1. The zero-order valence-corrected chi connectivity index (χ0v) is 20.6. The van der Waals surface area contributed by atoms with Crippen molar-refractivity contribution in [3.63, 3.8) is 0 Å². The molecule has 3 aromatic rings. The van der Waals surface area contributed by atoms with E-state index in [0.717, 1.165) is 57.3 Å². The lowest BCUT2D eigenvalue weighted by molar-refractivity contribution is 0.0953. The summed E-state index contributed by atoms with van der Waals surface area (Å²) in [5.41, 5.74) is 4.80. The fourth-order valence-corrected chi connectivity index (χ4v) is 5.26. The number of rotatable bonds is 6. The molecule has 3 heterocycles. The van der Waals surface area contributed by atoms with Crippen LogP contribution in [0.15, 0.2) is 41.5 Å². The number of ketones is 1. The van der Waals surface area contributed by atoms with E-state index in [4.69, 9.17) is 18.9 Å². The van der Waals surface area contributed by atoms with Gasteiger partial charge in [-0.1, -0.05) is 6.07 Å². The molecule has 0 radical (unpaired) electrons. The van der Waals surface area contributed by atoms with Crippen molar-refractivity contribution in [3.05, 3.63) is 74.2 Å². The molecule has 2 aromatic carbocycles. The van der Waals surface area contributed by atoms with Gasteiger partial charge in [-0.3, -0.25) is 9.69 Å². The Balaban J connectivity index is 1.33. The summed E-state index contributed by atoms with van der Waals surface area (Å²) >= 11 is 1.60. The quantitative estimate of drug-likeness (QED) is 0.444. The summed E-state index contributed by atoms with van der Waals surface area (Å²) in [5, 5.41) is 2.02. The number of thiophene rings is 1. The maximum atomic E-state index is 13.1. The van der Waals surface area contributed by atoms with E-state index in [1.807, 2.05) is 49.6 Å². The SMILES string of the molecule is COc1ccc(CCN2COc3c(cc4c(c3C)O/C(=C\c3sccc3C)C4=O)C2)cc1OC. The van der Waals surface area contributed by atoms with Gasteiger partial charge in [-0.05, 0) is 61.0 Å². The number of methoxy groups -OCH3 is 2. The highest BCUT2D eigenvalue weighted by atomic mass is 32.1.